The lowest BCUT2D eigenvalue weighted by Crippen LogP contribution is -2.16. The number of rotatable bonds is 3. The maximum absolute atomic E-state index is 3.72. The SMILES string of the molecule is C=C(C)NCC(C)C. The third-order valence-electron chi connectivity index (χ3n) is 0.812. The maximum atomic E-state index is 3.72. The van der Waals surface area contributed by atoms with E-state index in [1.165, 1.54) is 0 Å². The molecule has 0 bridgehead atoms. The molecule has 0 aliphatic carbocycles. The van der Waals surface area contributed by atoms with E-state index in [1.807, 2.05) is 6.92 Å². The predicted molar refractivity (Wildman–Crippen MR) is 37.7 cm³/mol. The molecule has 8 heavy (non-hydrogen) atoms. The van der Waals surface area contributed by atoms with Crippen LogP contribution < -0.4 is 5.32 Å². The first-order valence-electron chi connectivity index (χ1n) is 3.02. The maximum Gasteiger partial charge on any atom is 0.0166 e. The van der Waals surface area contributed by atoms with Crippen LogP contribution in [0.2, 0.25) is 0 Å². The van der Waals surface area contributed by atoms with Gasteiger partial charge in [-0.05, 0) is 12.8 Å². The lowest BCUT2D eigenvalue weighted by atomic mass is 10.2. The molecule has 0 aromatic heterocycles. The summed E-state index contributed by atoms with van der Waals surface area (Å²) in [5, 5.41) is 3.15. The molecule has 0 spiro atoms. The smallest absolute Gasteiger partial charge is 0.0166 e. The zero-order valence-corrected chi connectivity index (χ0v) is 5.99. The first-order chi connectivity index (χ1) is 3.63. The van der Waals surface area contributed by atoms with Gasteiger partial charge >= 0.3 is 0 Å². The molecule has 0 radical (unpaired) electrons. The highest BCUT2D eigenvalue weighted by Gasteiger charge is 1.89. The molecule has 0 heterocycles. The van der Waals surface area contributed by atoms with Crippen molar-refractivity contribution in [3.8, 4) is 0 Å². The van der Waals surface area contributed by atoms with E-state index in [-0.39, 0.29) is 0 Å². The van der Waals surface area contributed by atoms with Gasteiger partial charge < -0.3 is 5.32 Å². The van der Waals surface area contributed by atoms with Gasteiger partial charge in [0.05, 0.1) is 0 Å². The van der Waals surface area contributed by atoms with Crippen LogP contribution in [0.5, 0.6) is 0 Å². The molecule has 48 valence electrons. The van der Waals surface area contributed by atoms with Gasteiger partial charge in [0.2, 0.25) is 0 Å². The average molecular weight is 113 g/mol. The van der Waals surface area contributed by atoms with Crippen molar-refractivity contribution in [3.05, 3.63) is 12.3 Å². The molecule has 1 N–H and O–H groups in total. The van der Waals surface area contributed by atoms with Gasteiger partial charge in [0.1, 0.15) is 0 Å². The zero-order valence-electron chi connectivity index (χ0n) is 5.99. The number of allylic oxidation sites excluding steroid dienone is 1. The quantitative estimate of drug-likeness (QED) is 0.588. The standard InChI is InChI=1S/C7H15N/c1-6(2)5-8-7(3)4/h6,8H,3,5H2,1-2,4H3. The van der Waals surface area contributed by atoms with E-state index in [0.29, 0.717) is 5.92 Å². The summed E-state index contributed by atoms with van der Waals surface area (Å²) in [4.78, 5) is 0. The van der Waals surface area contributed by atoms with Gasteiger partial charge in [-0.3, -0.25) is 0 Å². The molecular weight excluding hydrogens is 98.1 g/mol. The highest BCUT2D eigenvalue weighted by molar-refractivity contribution is 4.83. The van der Waals surface area contributed by atoms with Crippen LogP contribution in [0.15, 0.2) is 12.3 Å². The molecule has 0 aliphatic heterocycles. The normalized spacial score (nSPS) is 9.50. The molecule has 1 nitrogen and oxygen atoms in total. The number of hydrogen-bond acceptors (Lipinski definition) is 1. The van der Waals surface area contributed by atoms with E-state index in [1.54, 1.807) is 0 Å². The zero-order chi connectivity index (χ0) is 6.57. The van der Waals surface area contributed by atoms with Crippen molar-refractivity contribution >= 4 is 0 Å². The lowest BCUT2D eigenvalue weighted by Gasteiger charge is -2.06. The molecule has 0 aromatic carbocycles. The van der Waals surface area contributed by atoms with Gasteiger partial charge in [0, 0.05) is 12.2 Å². The Balaban J connectivity index is 3.05. The molecule has 0 amide bonds. The number of hydrogen-bond donors (Lipinski definition) is 1. The van der Waals surface area contributed by atoms with Crippen LogP contribution in [0.4, 0.5) is 0 Å². The van der Waals surface area contributed by atoms with Crippen LogP contribution in [0, 0.1) is 5.92 Å². The van der Waals surface area contributed by atoms with Gasteiger partial charge in [0.25, 0.3) is 0 Å². The van der Waals surface area contributed by atoms with Gasteiger partial charge in [-0.15, -0.1) is 0 Å². The van der Waals surface area contributed by atoms with Crippen molar-refractivity contribution in [2.24, 2.45) is 5.92 Å². The van der Waals surface area contributed by atoms with Crippen LogP contribution in [0.25, 0.3) is 0 Å². The fourth-order valence-electron chi connectivity index (χ4n) is 0.378. The minimum atomic E-state index is 0.715. The Morgan fingerprint density at radius 1 is 1.62 bits per heavy atom. The van der Waals surface area contributed by atoms with E-state index >= 15 is 0 Å². The third-order valence-corrected chi connectivity index (χ3v) is 0.812. The summed E-state index contributed by atoms with van der Waals surface area (Å²) in [6.45, 7) is 11.1. The van der Waals surface area contributed by atoms with E-state index in [2.05, 4.69) is 25.7 Å². The molecule has 0 unspecified atom stereocenters. The highest BCUT2D eigenvalue weighted by Crippen LogP contribution is 1.88. The van der Waals surface area contributed by atoms with Gasteiger partial charge in [-0.25, -0.2) is 0 Å². The van der Waals surface area contributed by atoms with Crippen LogP contribution in [0.1, 0.15) is 20.8 Å². The molecular formula is C7H15N. The van der Waals surface area contributed by atoms with Gasteiger partial charge in [0.15, 0.2) is 0 Å². The molecule has 0 aromatic rings. The summed E-state index contributed by atoms with van der Waals surface area (Å²) in [6, 6.07) is 0. The Morgan fingerprint density at radius 3 is 2.25 bits per heavy atom. The fraction of sp³-hybridized carbons (Fsp3) is 0.714. The second kappa shape index (κ2) is 3.53. The second-order valence-electron chi connectivity index (χ2n) is 2.56. The van der Waals surface area contributed by atoms with Crippen molar-refractivity contribution in [3.63, 3.8) is 0 Å². The number of nitrogens with one attached hydrogen (secondary N) is 1. The van der Waals surface area contributed by atoms with Gasteiger partial charge in [-0.2, -0.15) is 0 Å². The van der Waals surface area contributed by atoms with E-state index in [0.717, 1.165) is 12.2 Å². The van der Waals surface area contributed by atoms with Crippen molar-refractivity contribution in [2.75, 3.05) is 6.54 Å². The first-order valence-corrected chi connectivity index (χ1v) is 3.02. The minimum Gasteiger partial charge on any atom is -0.389 e. The van der Waals surface area contributed by atoms with Crippen LogP contribution >= 0.6 is 0 Å². The minimum absolute atomic E-state index is 0.715. The van der Waals surface area contributed by atoms with Gasteiger partial charge in [-0.1, -0.05) is 20.4 Å². The van der Waals surface area contributed by atoms with E-state index in [4.69, 9.17) is 0 Å². The topological polar surface area (TPSA) is 12.0 Å². The lowest BCUT2D eigenvalue weighted by molar-refractivity contribution is 0.597. The third kappa shape index (κ3) is 5.54. The monoisotopic (exact) mass is 113 g/mol. The Labute approximate surface area is 51.8 Å². The molecule has 0 rings (SSSR count). The Morgan fingerprint density at radius 2 is 2.12 bits per heavy atom. The van der Waals surface area contributed by atoms with Crippen molar-refractivity contribution < 1.29 is 0 Å². The Kier molecular flexibility index (Phi) is 3.33. The molecule has 0 aliphatic rings. The van der Waals surface area contributed by atoms with Crippen LogP contribution in [-0.4, -0.2) is 6.54 Å². The van der Waals surface area contributed by atoms with Crippen LogP contribution in [0.3, 0.4) is 0 Å². The molecule has 0 atom stereocenters. The predicted octanol–water partition coefficient (Wildman–Crippen LogP) is 1.77. The van der Waals surface area contributed by atoms with E-state index < -0.39 is 0 Å². The van der Waals surface area contributed by atoms with Crippen LogP contribution in [-0.2, 0) is 0 Å². The molecule has 0 saturated heterocycles. The molecule has 0 fully saturated rings. The Bertz CT molecular complexity index is 74.5. The largest absolute Gasteiger partial charge is 0.389 e. The summed E-state index contributed by atoms with van der Waals surface area (Å²) >= 11 is 0. The summed E-state index contributed by atoms with van der Waals surface area (Å²) in [5.74, 6) is 0.715. The second-order valence-corrected chi connectivity index (χ2v) is 2.56. The fourth-order valence-corrected chi connectivity index (χ4v) is 0.378. The van der Waals surface area contributed by atoms with Crippen molar-refractivity contribution in [1.82, 2.24) is 5.32 Å². The summed E-state index contributed by atoms with van der Waals surface area (Å²) < 4.78 is 0. The molecule has 0 saturated carbocycles. The summed E-state index contributed by atoms with van der Waals surface area (Å²) in [6.07, 6.45) is 0. The van der Waals surface area contributed by atoms with E-state index in [9.17, 15) is 0 Å². The first kappa shape index (κ1) is 7.54. The van der Waals surface area contributed by atoms with Crippen molar-refractivity contribution in [1.29, 1.82) is 0 Å². The summed E-state index contributed by atoms with van der Waals surface area (Å²) in [7, 11) is 0. The summed E-state index contributed by atoms with van der Waals surface area (Å²) in [5.41, 5.74) is 1.05. The highest BCUT2D eigenvalue weighted by atomic mass is 14.9. The Hall–Kier alpha value is -0.460. The molecule has 1 heteroatoms. The van der Waals surface area contributed by atoms with Crippen molar-refractivity contribution in [2.45, 2.75) is 20.8 Å². The average Bonchev–Trinajstić information content (AvgIpc) is 1.61.